The van der Waals surface area contributed by atoms with Gasteiger partial charge in [-0.15, -0.1) is 0 Å². The first-order chi connectivity index (χ1) is 13.7. The topological polar surface area (TPSA) is 96.9 Å². The molecule has 0 aliphatic carbocycles. The van der Waals surface area contributed by atoms with Crippen molar-refractivity contribution in [1.82, 2.24) is 5.32 Å². The Morgan fingerprint density at radius 2 is 1.76 bits per heavy atom. The molecule has 0 bridgehead atoms. The first-order valence-electron chi connectivity index (χ1n) is 9.53. The van der Waals surface area contributed by atoms with Gasteiger partial charge in [0, 0.05) is 11.3 Å². The Kier molecular flexibility index (Phi) is 7.47. The van der Waals surface area contributed by atoms with Gasteiger partial charge in [-0.1, -0.05) is 13.8 Å². The summed E-state index contributed by atoms with van der Waals surface area (Å²) in [5.41, 5.74) is 3.08. The molecule has 0 heterocycles. The van der Waals surface area contributed by atoms with E-state index in [1.807, 2.05) is 33.8 Å². The number of hydrogen-bond donors (Lipinski definition) is 3. The van der Waals surface area contributed by atoms with Gasteiger partial charge in [-0.05, 0) is 68.1 Å². The van der Waals surface area contributed by atoms with E-state index >= 15 is 0 Å². The minimum absolute atomic E-state index is 0.167. The highest BCUT2D eigenvalue weighted by atomic mass is 16.5. The number of phenols is 1. The van der Waals surface area contributed by atoms with Gasteiger partial charge in [0.15, 0.2) is 0 Å². The molecule has 7 nitrogen and oxygen atoms in total. The molecule has 0 saturated heterocycles. The van der Waals surface area contributed by atoms with Gasteiger partial charge in [0.25, 0.3) is 0 Å². The fourth-order valence-corrected chi connectivity index (χ4v) is 2.90. The minimum atomic E-state index is -0.495. The number of aromatic hydroxyl groups is 1. The summed E-state index contributed by atoms with van der Waals surface area (Å²) in [5, 5.41) is 15.1. The second-order valence-corrected chi connectivity index (χ2v) is 7.03. The van der Waals surface area contributed by atoms with Gasteiger partial charge in [0.1, 0.15) is 23.8 Å². The highest BCUT2D eigenvalue weighted by Gasteiger charge is 2.13. The summed E-state index contributed by atoms with van der Waals surface area (Å²) in [5.74, 6) is 1.23. The summed E-state index contributed by atoms with van der Waals surface area (Å²) in [6, 6.07) is 8.25. The third-order valence-electron chi connectivity index (χ3n) is 4.26. The van der Waals surface area contributed by atoms with Gasteiger partial charge < -0.3 is 25.2 Å². The standard InChI is InChI=1S/C22H28N2O5/c1-6-28-20(26)12-23-22(27)24-16-9-14(4)21(15(5)10-16)29-17-7-8-19(25)18(11-17)13(2)3/h7-11,13,25H,6,12H2,1-5H3,(H2,23,24,27). The van der Waals surface area contributed by atoms with Gasteiger partial charge in [0.2, 0.25) is 0 Å². The monoisotopic (exact) mass is 400 g/mol. The Labute approximate surface area is 171 Å². The number of esters is 1. The van der Waals surface area contributed by atoms with Crippen molar-refractivity contribution in [1.29, 1.82) is 0 Å². The largest absolute Gasteiger partial charge is 0.508 e. The molecular formula is C22H28N2O5. The Morgan fingerprint density at radius 1 is 1.10 bits per heavy atom. The minimum Gasteiger partial charge on any atom is -0.508 e. The molecule has 2 aromatic carbocycles. The van der Waals surface area contributed by atoms with Crippen LogP contribution >= 0.6 is 0 Å². The number of amides is 2. The zero-order chi connectivity index (χ0) is 21.6. The lowest BCUT2D eigenvalue weighted by Crippen LogP contribution is -2.34. The Balaban J connectivity index is 2.10. The number of urea groups is 1. The van der Waals surface area contributed by atoms with Crippen LogP contribution in [0, 0.1) is 13.8 Å². The lowest BCUT2D eigenvalue weighted by atomic mass is 10.0. The normalized spacial score (nSPS) is 10.6. The van der Waals surface area contributed by atoms with Crippen LogP contribution < -0.4 is 15.4 Å². The van der Waals surface area contributed by atoms with E-state index in [9.17, 15) is 14.7 Å². The number of carbonyl (C=O) groups excluding carboxylic acids is 2. The fraction of sp³-hybridized carbons (Fsp3) is 0.364. The van der Waals surface area contributed by atoms with Crippen LogP contribution in [0.25, 0.3) is 0 Å². The van der Waals surface area contributed by atoms with E-state index in [1.54, 1.807) is 31.2 Å². The van der Waals surface area contributed by atoms with Gasteiger partial charge >= 0.3 is 12.0 Å². The number of hydrogen-bond acceptors (Lipinski definition) is 5. The molecule has 0 aliphatic heterocycles. The second kappa shape index (κ2) is 9.82. The second-order valence-electron chi connectivity index (χ2n) is 7.03. The van der Waals surface area contributed by atoms with Crippen molar-refractivity contribution in [2.45, 2.75) is 40.5 Å². The molecule has 0 aliphatic rings. The molecule has 29 heavy (non-hydrogen) atoms. The molecule has 2 aromatic rings. The molecule has 2 rings (SSSR count). The Bertz CT molecular complexity index is 870. The van der Waals surface area contributed by atoms with Gasteiger partial charge in [-0.2, -0.15) is 0 Å². The number of benzene rings is 2. The third-order valence-corrected chi connectivity index (χ3v) is 4.26. The van der Waals surface area contributed by atoms with Gasteiger partial charge in [0.05, 0.1) is 6.61 Å². The summed E-state index contributed by atoms with van der Waals surface area (Å²) < 4.78 is 10.8. The summed E-state index contributed by atoms with van der Waals surface area (Å²) in [7, 11) is 0. The maximum atomic E-state index is 12.0. The van der Waals surface area contributed by atoms with E-state index < -0.39 is 12.0 Å². The van der Waals surface area contributed by atoms with Crippen molar-refractivity contribution in [2.75, 3.05) is 18.5 Å². The van der Waals surface area contributed by atoms with E-state index in [1.165, 1.54) is 0 Å². The lowest BCUT2D eigenvalue weighted by Gasteiger charge is -2.16. The average molecular weight is 400 g/mol. The van der Waals surface area contributed by atoms with Crippen molar-refractivity contribution >= 4 is 17.7 Å². The molecule has 0 spiro atoms. The maximum absolute atomic E-state index is 12.0. The van der Waals surface area contributed by atoms with Crippen LogP contribution in [0.15, 0.2) is 30.3 Å². The predicted octanol–water partition coefficient (Wildman–Crippen LogP) is 4.61. The van der Waals surface area contributed by atoms with Crippen molar-refractivity contribution in [3.8, 4) is 17.2 Å². The number of nitrogens with one attached hydrogen (secondary N) is 2. The van der Waals surface area contributed by atoms with Crippen molar-refractivity contribution < 1.29 is 24.2 Å². The zero-order valence-corrected chi connectivity index (χ0v) is 17.5. The molecule has 0 atom stereocenters. The van der Waals surface area contributed by atoms with Crippen molar-refractivity contribution in [2.24, 2.45) is 0 Å². The van der Waals surface area contributed by atoms with Crippen molar-refractivity contribution in [3.05, 3.63) is 47.0 Å². The zero-order valence-electron chi connectivity index (χ0n) is 17.5. The summed E-state index contributed by atoms with van der Waals surface area (Å²) in [6.07, 6.45) is 0. The van der Waals surface area contributed by atoms with E-state index in [2.05, 4.69) is 10.6 Å². The van der Waals surface area contributed by atoms with Crippen molar-refractivity contribution in [3.63, 3.8) is 0 Å². The lowest BCUT2D eigenvalue weighted by molar-refractivity contribution is -0.141. The molecule has 0 aromatic heterocycles. The van der Waals surface area contributed by atoms with E-state index in [0.717, 1.165) is 16.7 Å². The van der Waals surface area contributed by atoms with Crippen LogP contribution in [-0.2, 0) is 9.53 Å². The first kappa shape index (κ1) is 22.1. The third kappa shape index (κ3) is 6.14. The summed E-state index contributed by atoms with van der Waals surface area (Å²) in [4.78, 5) is 23.3. The van der Waals surface area contributed by atoms with Gasteiger partial charge in [-0.25, -0.2) is 4.79 Å². The molecule has 156 valence electrons. The average Bonchev–Trinajstić information content (AvgIpc) is 2.64. The fourth-order valence-electron chi connectivity index (χ4n) is 2.90. The molecule has 0 radical (unpaired) electrons. The van der Waals surface area contributed by atoms with E-state index in [0.29, 0.717) is 17.2 Å². The first-order valence-corrected chi connectivity index (χ1v) is 9.53. The molecule has 0 saturated carbocycles. The molecule has 0 fully saturated rings. The number of ether oxygens (including phenoxy) is 2. The highest BCUT2D eigenvalue weighted by Crippen LogP contribution is 2.35. The number of carbonyl (C=O) groups is 2. The Morgan fingerprint density at radius 3 is 2.34 bits per heavy atom. The smallest absolute Gasteiger partial charge is 0.325 e. The van der Waals surface area contributed by atoms with Crippen LogP contribution in [0.4, 0.5) is 10.5 Å². The molecule has 7 heteroatoms. The SMILES string of the molecule is CCOC(=O)CNC(=O)Nc1cc(C)c(Oc2ccc(O)c(C(C)C)c2)c(C)c1. The number of rotatable bonds is 7. The molecular weight excluding hydrogens is 372 g/mol. The van der Waals surface area contributed by atoms with Crippen LogP contribution in [0.3, 0.4) is 0 Å². The highest BCUT2D eigenvalue weighted by molar-refractivity contribution is 5.91. The van der Waals surface area contributed by atoms with E-state index in [4.69, 9.17) is 9.47 Å². The Hall–Kier alpha value is -3.22. The van der Waals surface area contributed by atoms with E-state index in [-0.39, 0.29) is 24.8 Å². The molecule has 3 N–H and O–H groups in total. The van der Waals surface area contributed by atoms with Crippen LogP contribution in [-0.4, -0.2) is 30.3 Å². The van der Waals surface area contributed by atoms with Crippen LogP contribution in [0.1, 0.15) is 43.4 Å². The van der Waals surface area contributed by atoms with Crippen LogP contribution in [0.2, 0.25) is 0 Å². The number of anilines is 1. The quantitative estimate of drug-likeness (QED) is 0.590. The number of phenolic OH excluding ortho intramolecular Hbond substituents is 1. The van der Waals surface area contributed by atoms with Gasteiger partial charge in [-0.3, -0.25) is 4.79 Å². The summed E-state index contributed by atoms with van der Waals surface area (Å²) >= 11 is 0. The maximum Gasteiger partial charge on any atom is 0.325 e. The number of aryl methyl sites for hydroxylation is 2. The molecule has 0 unspecified atom stereocenters. The molecule has 2 amide bonds. The van der Waals surface area contributed by atoms with Crippen LogP contribution in [0.5, 0.6) is 17.2 Å². The predicted molar refractivity (Wildman–Crippen MR) is 112 cm³/mol. The summed E-state index contributed by atoms with van der Waals surface area (Å²) in [6.45, 7) is 9.54.